The van der Waals surface area contributed by atoms with Crippen molar-refractivity contribution in [2.75, 3.05) is 12.4 Å². The molecule has 1 heterocycles. The number of anilines is 1. The number of primary sulfonamides is 1. The van der Waals surface area contributed by atoms with Gasteiger partial charge in [0, 0.05) is 12.3 Å². The standard InChI is InChI=1S/C12H12ClN3O4S/c1-20-11-5-8(21(14,18)19)2-3-9(11)16-12(17)10-4-7(13)6-15-10/h2-6,15H,1H3,(H,16,17)(H2,14,18,19). The molecule has 112 valence electrons. The van der Waals surface area contributed by atoms with Crippen molar-refractivity contribution in [2.24, 2.45) is 5.14 Å². The zero-order valence-electron chi connectivity index (χ0n) is 10.9. The average molecular weight is 330 g/mol. The molecule has 0 aliphatic heterocycles. The van der Waals surface area contributed by atoms with Crippen LogP contribution in [0, 0.1) is 0 Å². The summed E-state index contributed by atoms with van der Waals surface area (Å²) in [4.78, 5) is 14.6. The van der Waals surface area contributed by atoms with Crippen LogP contribution in [0.4, 0.5) is 5.69 Å². The van der Waals surface area contributed by atoms with Crippen LogP contribution >= 0.6 is 11.6 Å². The van der Waals surface area contributed by atoms with Gasteiger partial charge in [0.25, 0.3) is 5.91 Å². The second-order valence-corrected chi connectivity index (χ2v) is 6.09. The largest absolute Gasteiger partial charge is 0.495 e. The van der Waals surface area contributed by atoms with Crippen LogP contribution < -0.4 is 15.2 Å². The van der Waals surface area contributed by atoms with Crippen LogP contribution in [0.15, 0.2) is 35.4 Å². The molecule has 0 unspecified atom stereocenters. The first-order chi connectivity index (χ1) is 9.81. The number of sulfonamides is 1. The van der Waals surface area contributed by atoms with Gasteiger partial charge in [0.15, 0.2) is 0 Å². The van der Waals surface area contributed by atoms with Gasteiger partial charge in [0.1, 0.15) is 11.4 Å². The minimum absolute atomic E-state index is 0.111. The van der Waals surface area contributed by atoms with Gasteiger partial charge >= 0.3 is 0 Å². The normalized spacial score (nSPS) is 11.2. The molecule has 1 aromatic heterocycles. The Kier molecular flexibility index (Phi) is 4.21. The minimum Gasteiger partial charge on any atom is -0.495 e. The summed E-state index contributed by atoms with van der Waals surface area (Å²) >= 11 is 5.72. The molecule has 0 fully saturated rings. The van der Waals surface area contributed by atoms with E-state index in [-0.39, 0.29) is 16.3 Å². The Morgan fingerprint density at radius 2 is 2.10 bits per heavy atom. The molecule has 21 heavy (non-hydrogen) atoms. The van der Waals surface area contributed by atoms with Crippen molar-refractivity contribution in [1.82, 2.24) is 4.98 Å². The number of benzene rings is 1. The summed E-state index contributed by atoms with van der Waals surface area (Å²) < 4.78 is 27.6. The SMILES string of the molecule is COc1cc(S(N)(=O)=O)ccc1NC(=O)c1cc(Cl)c[nH]1. The van der Waals surface area contributed by atoms with Gasteiger partial charge < -0.3 is 15.0 Å². The van der Waals surface area contributed by atoms with E-state index >= 15 is 0 Å². The molecule has 2 aromatic rings. The Morgan fingerprint density at radius 3 is 2.62 bits per heavy atom. The summed E-state index contributed by atoms with van der Waals surface area (Å²) in [7, 11) is -2.50. The van der Waals surface area contributed by atoms with Gasteiger partial charge in [-0.15, -0.1) is 0 Å². The van der Waals surface area contributed by atoms with Crippen LogP contribution in [0.25, 0.3) is 0 Å². The molecule has 4 N–H and O–H groups in total. The van der Waals surface area contributed by atoms with E-state index in [2.05, 4.69) is 10.3 Å². The zero-order valence-corrected chi connectivity index (χ0v) is 12.5. The Labute approximate surface area is 126 Å². The number of nitrogens with two attached hydrogens (primary N) is 1. The number of carbonyl (C=O) groups is 1. The van der Waals surface area contributed by atoms with Crippen LogP contribution in [0.3, 0.4) is 0 Å². The summed E-state index contributed by atoms with van der Waals surface area (Å²) in [5.74, 6) is -0.268. The summed E-state index contributed by atoms with van der Waals surface area (Å²) in [6.45, 7) is 0. The molecule has 0 bridgehead atoms. The number of hydrogen-bond acceptors (Lipinski definition) is 4. The van der Waals surface area contributed by atoms with Crippen LogP contribution in [-0.2, 0) is 10.0 Å². The summed E-state index contributed by atoms with van der Waals surface area (Å²) in [6, 6.07) is 5.35. The topological polar surface area (TPSA) is 114 Å². The maximum absolute atomic E-state index is 12.0. The predicted molar refractivity (Wildman–Crippen MR) is 78.1 cm³/mol. The highest BCUT2D eigenvalue weighted by molar-refractivity contribution is 7.89. The smallest absolute Gasteiger partial charge is 0.272 e. The minimum atomic E-state index is -3.85. The second kappa shape index (κ2) is 5.76. The number of aromatic amines is 1. The van der Waals surface area contributed by atoms with E-state index in [9.17, 15) is 13.2 Å². The van der Waals surface area contributed by atoms with Gasteiger partial charge in [0.2, 0.25) is 10.0 Å². The fraction of sp³-hybridized carbons (Fsp3) is 0.0833. The van der Waals surface area contributed by atoms with Gasteiger partial charge in [-0.2, -0.15) is 0 Å². The van der Waals surface area contributed by atoms with E-state index in [1.807, 2.05) is 0 Å². The lowest BCUT2D eigenvalue weighted by Crippen LogP contribution is -2.15. The van der Waals surface area contributed by atoms with Crippen molar-refractivity contribution in [2.45, 2.75) is 4.90 Å². The third kappa shape index (κ3) is 3.54. The summed E-state index contributed by atoms with van der Waals surface area (Å²) in [6.07, 6.45) is 1.47. The number of H-pyrrole nitrogens is 1. The lowest BCUT2D eigenvalue weighted by atomic mass is 10.2. The van der Waals surface area contributed by atoms with Crippen LogP contribution in [0.1, 0.15) is 10.5 Å². The number of hydrogen-bond donors (Lipinski definition) is 3. The Hall–Kier alpha value is -2.03. The molecule has 9 heteroatoms. The van der Waals surface area contributed by atoms with Gasteiger partial charge in [-0.3, -0.25) is 4.79 Å². The van der Waals surface area contributed by atoms with Crippen molar-refractivity contribution < 1.29 is 17.9 Å². The summed E-state index contributed by atoms with van der Waals surface area (Å²) in [5.41, 5.74) is 0.568. The highest BCUT2D eigenvalue weighted by atomic mass is 35.5. The molecule has 0 aliphatic carbocycles. The van der Waals surface area contributed by atoms with Crippen molar-refractivity contribution in [1.29, 1.82) is 0 Å². The van der Waals surface area contributed by atoms with E-state index in [1.54, 1.807) is 0 Å². The maximum atomic E-state index is 12.0. The van der Waals surface area contributed by atoms with Crippen LogP contribution in [0.5, 0.6) is 5.75 Å². The van der Waals surface area contributed by atoms with Crippen molar-refractivity contribution in [3.05, 3.63) is 41.2 Å². The van der Waals surface area contributed by atoms with Crippen molar-refractivity contribution in [3.8, 4) is 5.75 Å². The molecule has 0 saturated carbocycles. The number of amides is 1. The molecule has 0 aliphatic rings. The lowest BCUT2D eigenvalue weighted by molar-refractivity contribution is 0.102. The van der Waals surface area contributed by atoms with E-state index in [4.69, 9.17) is 21.5 Å². The van der Waals surface area contributed by atoms with Gasteiger partial charge in [-0.05, 0) is 18.2 Å². The number of methoxy groups -OCH3 is 1. The molecule has 0 saturated heterocycles. The van der Waals surface area contributed by atoms with E-state index < -0.39 is 15.9 Å². The number of aromatic nitrogens is 1. The average Bonchev–Trinajstić information content (AvgIpc) is 2.84. The first kappa shape index (κ1) is 15.4. The quantitative estimate of drug-likeness (QED) is 0.789. The van der Waals surface area contributed by atoms with E-state index in [0.29, 0.717) is 10.7 Å². The number of nitrogens with one attached hydrogen (secondary N) is 2. The molecule has 1 amide bonds. The molecule has 7 nitrogen and oxygen atoms in total. The van der Waals surface area contributed by atoms with Crippen LogP contribution in [-0.4, -0.2) is 26.4 Å². The first-order valence-electron chi connectivity index (χ1n) is 5.67. The zero-order chi connectivity index (χ0) is 15.6. The molecular weight excluding hydrogens is 318 g/mol. The Balaban J connectivity index is 2.30. The van der Waals surface area contributed by atoms with Gasteiger partial charge in [-0.1, -0.05) is 11.6 Å². The molecule has 1 aromatic carbocycles. The second-order valence-electron chi connectivity index (χ2n) is 4.09. The van der Waals surface area contributed by atoms with Crippen LogP contribution in [0.2, 0.25) is 5.02 Å². The summed E-state index contributed by atoms with van der Waals surface area (Å²) in [5, 5.41) is 8.02. The fourth-order valence-electron chi connectivity index (χ4n) is 1.64. The Bertz CT molecular complexity index is 786. The Morgan fingerprint density at radius 1 is 1.38 bits per heavy atom. The molecule has 0 atom stereocenters. The third-order valence-corrected chi connectivity index (χ3v) is 3.77. The predicted octanol–water partition coefficient (Wildman–Crippen LogP) is 1.58. The van der Waals surface area contributed by atoms with Crippen molar-refractivity contribution in [3.63, 3.8) is 0 Å². The molecule has 2 rings (SSSR count). The monoisotopic (exact) mass is 329 g/mol. The molecule has 0 spiro atoms. The number of rotatable bonds is 4. The van der Waals surface area contributed by atoms with E-state index in [1.165, 1.54) is 37.6 Å². The van der Waals surface area contributed by atoms with Gasteiger partial charge in [-0.25, -0.2) is 13.6 Å². The van der Waals surface area contributed by atoms with E-state index in [0.717, 1.165) is 0 Å². The lowest BCUT2D eigenvalue weighted by Gasteiger charge is -2.10. The van der Waals surface area contributed by atoms with Gasteiger partial charge in [0.05, 0.1) is 22.7 Å². The fourth-order valence-corrected chi connectivity index (χ4v) is 2.33. The number of ether oxygens (including phenoxy) is 1. The first-order valence-corrected chi connectivity index (χ1v) is 7.60. The molecular formula is C12H12ClN3O4S. The highest BCUT2D eigenvalue weighted by Gasteiger charge is 2.15. The molecule has 0 radical (unpaired) electrons. The van der Waals surface area contributed by atoms with Crippen molar-refractivity contribution >= 4 is 33.2 Å². The maximum Gasteiger partial charge on any atom is 0.272 e. The number of halogens is 1. The highest BCUT2D eigenvalue weighted by Crippen LogP contribution is 2.27. The third-order valence-electron chi connectivity index (χ3n) is 2.64. The number of carbonyl (C=O) groups excluding carboxylic acids is 1.